The van der Waals surface area contributed by atoms with E-state index in [4.69, 9.17) is 9.47 Å². The molecule has 0 spiro atoms. The number of nitrogens with one attached hydrogen (secondary N) is 1. The summed E-state index contributed by atoms with van der Waals surface area (Å²) in [5.41, 5.74) is -2.37. The Kier molecular flexibility index (Phi) is 6.99. The van der Waals surface area contributed by atoms with E-state index in [1.807, 2.05) is 0 Å². The highest BCUT2D eigenvalue weighted by Crippen LogP contribution is 2.49. The summed E-state index contributed by atoms with van der Waals surface area (Å²) in [6, 6.07) is 9.06. The fourth-order valence-corrected chi connectivity index (χ4v) is 4.56. The molecule has 0 saturated heterocycles. The number of amides is 1. The molecule has 1 N–H and O–H groups in total. The van der Waals surface area contributed by atoms with Gasteiger partial charge in [-0.2, -0.15) is 18.4 Å². The number of rotatable bonds is 7. The molecule has 2 aromatic heterocycles. The van der Waals surface area contributed by atoms with Crippen LogP contribution in [0, 0.1) is 25.2 Å². The number of methoxy groups -OCH3 is 1. The van der Waals surface area contributed by atoms with E-state index in [0.717, 1.165) is 13.2 Å². The molecule has 204 valence electrons. The van der Waals surface area contributed by atoms with E-state index in [1.165, 1.54) is 31.4 Å². The van der Waals surface area contributed by atoms with E-state index < -0.39 is 50.0 Å². The predicted octanol–water partition coefficient (Wildman–Crippen LogP) is 4.52. The largest absolute Gasteiger partial charge is 0.478 e. The van der Waals surface area contributed by atoms with Crippen molar-refractivity contribution >= 4 is 21.4 Å². The Bertz CT molecular complexity index is 1630. The van der Waals surface area contributed by atoms with Crippen LogP contribution in [0.5, 0.6) is 17.5 Å². The molecule has 1 aliphatic carbocycles. The summed E-state index contributed by atoms with van der Waals surface area (Å²) < 4.78 is 75.8. The molecule has 1 aromatic carbocycles. The van der Waals surface area contributed by atoms with Gasteiger partial charge in [0.1, 0.15) is 5.56 Å². The summed E-state index contributed by atoms with van der Waals surface area (Å²) in [5.74, 6) is -1.69. The average Bonchev–Trinajstić information content (AvgIpc) is 3.65. The first-order chi connectivity index (χ1) is 18.2. The maximum absolute atomic E-state index is 13.6. The normalized spacial score (nSPS) is 14.3. The van der Waals surface area contributed by atoms with Crippen molar-refractivity contribution < 1.29 is 35.9 Å². The lowest BCUT2D eigenvalue weighted by Gasteiger charge is -2.18. The molecule has 0 atom stereocenters. The smallest absolute Gasteiger partial charge is 0.435 e. The molecular weight excluding hydrogens is 539 g/mol. The van der Waals surface area contributed by atoms with Gasteiger partial charge >= 0.3 is 6.18 Å². The molecule has 1 amide bonds. The number of benzene rings is 1. The molecule has 1 fully saturated rings. The summed E-state index contributed by atoms with van der Waals surface area (Å²) in [6.07, 6.45) is -2.71. The number of carbonyl (C=O) groups is 1. The Morgan fingerprint density at radius 1 is 1.15 bits per heavy atom. The highest BCUT2D eigenvalue weighted by molar-refractivity contribution is 7.90. The molecule has 4 rings (SSSR count). The second-order valence-electron chi connectivity index (χ2n) is 9.06. The Balaban J connectivity index is 1.80. The number of nitriles is 1. The summed E-state index contributed by atoms with van der Waals surface area (Å²) in [4.78, 5) is 17.5. The van der Waals surface area contributed by atoms with Crippen LogP contribution in [0.3, 0.4) is 0 Å². The van der Waals surface area contributed by atoms with Crippen molar-refractivity contribution in [3.8, 4) is 23.6 Å². The van der Waals surface area contributed by atoms with Gasteiger partial charge in [-0.25, -0.2) is 13.4 Å². The van der Waals surface area contributed by atoms with Crippen molar-refractivity contribution in [3.05, 3.63) is 58.4 Å². The van der Waals surface area contributed by atoms with Crippen molar-refractivity contribution in [1.82, 2.24) is 15.2 Å². The standard InChI is InChI=1S/C25H22F3N5O5S/c1-13-10-17(24(12-29)8-9-24)31-23(37-3)19(13)38-22-18(14(2)20(32-33-22)25(26,27)28)21(34)30-15-6-5-7-16(11-15)39(4,35)36/h5-7,10-11H,8-9H2,1-4H3,(H,30,34). The van der Waals surface area contributed by atoms with Crippen LogP contribution >= 0.6 is 0 Å². The number of anilines is 1. The van der Waals surface area contributed by atoms with E-state index in [0.29, 0.717) is 24.1 Å². The van der Waals surface area contributed by atoms with Crippen LogP contribution in [0.25, 0.3) is 0 Å². The van der Waals surface area contributed by atoms with Gasteiger partial charge in [-0.1, -0.05) is 6.07 Å². The third-order valence-corrected chi connectivity index (χ3v) is 7.28. The van der Waals surface area contributed by atoms with Crippen molar-refractivity contribution in [3.63, 3.8) is 0 Å². The van der Waals surface area contributed by atoms with Crippen molar-refractivity contribution in [2.45, 2.75) is 43.2 Å². The first-order valence-corrected chi connectivity index (χ1v) is 13.3. The lowest BCUT2D eigenvalue weighted by atomic mass is 10.0. The number of pyridine rings is 1. The number of sulfone groups is 1. The van der Waals surface area contributed by atoms with Crippen LogP contribution in [0.2, 0.25) is 0 Å². The number of aromatic nitrogens is 3. The van der Waals surface area contributed by atoms with Gasteiger partial charge in [-0.15, -0.1) is 10.2 Å². The minimum absolute atomic E-state index is 0.0182. The van der Waals surface area contributed by atoms with Crippen molar-refractivity contribution in [2.24, 2.45) is 0 Å². The molecule has 1 saturated carbocycles. The molecule has 2 heterocycles. The van der Waals surface area contributed by atoms with Gasteiger partial charge in [-0.05, 0) is 62.1 Å². The molecule has 1 aliphatic rings. The summed E-state index contributed by atoms with van der Waals surface area (Å²) in [6.45, 7) is 2.67. The van der Waals surface area contributed by atoms with E-state index in [-0.39, 0.29) is 22.2 Å². The lowest BCUT2D eigenvalue weighted by molar-refractivity contribution is -0.142. The molecule has 0 radical (unpaired) electrons. The first-order valence-electron chi connectivity index (χ1n) is 11.4. The fourth-order valence-electron chi connectivity index (χ4n) is 3.89. The second kappa shape index (κ2) is 9.81. The zero-order valence-electron chi connectivity index (χ0n) is 21.2. The molecule has 14 heteroatoms. The third kappa shape index (κ3) is 5.49. The second-order valence-corrected chi connectivity index (χ2v) is 11.1. The number of hydrogen-bond donors (Lipinski definition) is 1. The van der Waals surface area contributed by atoms with E-state index >= 15 is 0 Å². The SMILES string of the molecule is COc1nc(C2(C#N)CC2)cc(C)c1Oc1nnc(C(F)(F)F)c(C)c1C(=O)Nc1cccc(S(C)(=O)=O)c1. The number of carbonyl (C=O) groups excluding carboxylic acids is 1. The maximum Gasteiger partial charge on any atom is 0.435 e. The maximum atomic E-state index is 13.6. The number of halogens is 3. The van der Waals surface area contributed by atoms with Crippen LogP contribution in [-0.4, -0.2) is 42.9 Å². The van der Waals surface area contributed by atoms with Crippen LogP contribution < -0.4 is 14.8 Å². The van der Waals surface area contributed by atoms with E-state index in [2.05, 4.69) is 26.6 Å². The van der Waals surface area contributed by atoms with E-state index in [1.54, 1.807) is 13.0 Å². The molecular formula is C25H22F3N5O5S. The number of nitrogens with zero attached hydrogens (tertiary/aromatic N) is 4. The third-order valence-electron chi connectivity index (χ3n) is 6.17. The summed E-state index contributed by atoms with van der Waals surface area (Å²) >= 11 is 0. The van der Waals surface area contributed by atoms with Gasteiger partial charge in [-0.3, -0.25) is 4.79 Å². The quantitative estimate of drug-likeness (QED) is 0.440. The van der Waals surface area contributed by atoms with Gasteiger partial charge in [0.25, 0.3) is 17.7 Å². The predicted molar refractivity (Wildman–Crippen MR) is 131 cm³/mol. The number of alkyl halides is 3. The van der Waals surface area contributed by atoms with Gasteiger partial charge in [0.15, 0.2) is 21.3 Å². The van der Waals surface area contributed by atoms with Crippen molar-refractivity contribution in [2.75, 3.05) is 18.7 Å². The highest BCUT2D eigenvalue weighted by Gasteiger charge is 2.47. The van der Waals surface area contributed by atoms with Crippen molar-refractivity contribution in [1.29, 1.82) is 5.26 Å². The Morgan fingerprint density at radius 2 is 1.85 bits per heavy atom. The summed E-state index contributed by atoms with van der Waals surface area (Å²) in [7, 11) is -2.32. The molecule has 0 unspecified atom stereocenters. The zero-order chi connectivity index (χ0) is 28.8. The molecule has 10 nitrogen and oxygen atoms in total. The molecule has 0 aliphatic heterocycles. The monoisotopic (exact) mass is 561 g/mol. The number of aryl methyl sites for hydroxylation is 1. The van der Waals surface area contributed by atoms with Crippen LogP contribution in [-0.2, 0) is 21.4 Å². The number of hydrogen-bond acceptors (Lipinski definition) is 9. The Labute approximate surface area is 221 Å². The van der Waals surface area contributed by atoms with Crippen LogP contribution in [0.15, 0.2) is 35.2 Å². The average molecular weight is 562 g/mol. The van der Waals surface area contributed by atoms with Gasteiger partial charge in [0.05, 0.1) is 29.2 Å². The van der Waals surface area contributed by atoms with Crippen LogP contribution in [0.1, 0.15) is 45.7 Å². The van der Waals surface area contributed by atoms with Gasteiger partial charge in [0, 0.05) is 11.9 Å². The molecule has 3 aromatic rings. The lowest BCUT2D eigenvalue weighted by Crippen LogP contribution is -2.21. The summed E-state index contributed by atoms with van der Waals surface area (Å²) in [5, 5.41) is 18.7. The Hall–Kier alpha value is -4.25. The minimum Gasteiger partial charge on any atom is -0.478 e. The van der Waals surface area contributed by atoms with Crippen LogP contribution in [0.4, 0.5) is 18.9 Å². The zero-order valence-corrected chi connectivity index (χ0v) is 22.0. The Morgan fingerprint density at radius 3 is 2.41 bits per heavy atom. The minimum atomic E-state index is -4.92. The van der Waals surface area contributed by atoms with Gasteiger partial charge in [0.2, 0.25) is 0 Å². The topological polar surface area (TPSA) is 144 Å². The highest BCUT2D eigenvalue weighted by atomic mass is 32.2. The molecule has 39 heavy (non-hydrogen) atoms. The van der Waals surface area contributed by atoms with Gasteiger partial charge < -0.3 is 14.8 Å². The first kappa shape index (κ1) is 27.8. The van der Waals surface area contributed by atoms with E-state index in [9.17, 15) is 31.6 Å². The fraction of sp³-hybridized carbons (Fsp3) is 0.320. The molecule has 0 bridgehead atoms. The number of ether oxygens (including phenoxy) is 2.